The Morgan fingerprint density at radius 3 is 2.31 bits per heavy atom. The van der Waals surface area contributed by atoms with Gasteiger partial charge in [0.05, 0.1) is 30.3 Å². The first-order chi connectivity index (χ1) is 22.6. The Morgan fingerprint density at radius 2 is 1.67 bits per heavy atom. The molecule has 2 aliphatic heterocycles. The van der Waals surface area contributed by atoms with Crippen LogP contribution < -0.4 is 4.74 Å². The Kier molecular flexibility index (Phi) is 8.08. The number of benzene rings is 2. The van der Waals surface area contributed by atoms with E-state index < -0.39 is 53.9 Å². The number of aromatic nitrogens is 2. The molecule has 2 aromatic carbocycles. The molecule has 0 spiro atoms. The van der Waals surface area contributed by atoms with Gasteiger partial charge in [0.2, 0.25) is 5.88 Å². The third-order valence-electron chi connectivity index (χ3n) is 8.68. The molecule has 4 heterocycles. The number of hydrogen-bond donors (Lipinski definition) is 1. The van der Waals surface area contributed by atoms with Crippen LogP contribution in [0.3, 0.4) is 0 Å². The van der Waals surface area contributed by atoms with Gasteiger partial charge in [-0.15, -0.1) is 0 Å². The zero-order chi connectivity index (χ0) is 34.7. The molecule has 250 valence electrons. The highest BCUT2D eigenvalue weighted by Gasteiger charge is 2.51. The van der Waals surface area contributed by atoms with Crippen LogP contribution in [0.25, 0.3) is 22.3 Å². The first-order valence-electron chi connectivity index (χ1n) is 14.7. The van der Waals surface area contributed by atoms with E-state index in [2.05, 4.69) is 9.97 Å². The summed E-state index contributed by atoms with van der Waals surface area (Å²) < 4.78 is 94.0. The van der Waals surface area contributed by atoms with Crippen molar-refractivity contribution in [2.24, 2.45) is 0 Å². The number of carboxylic acid groups (broad SMARTS) is 1. The van der Waals surface area contributed by atoms with Crippen LogP contribution in [-0.4, -0.2) is 45.2 Å². The number of amides is 1. The van der Waals surface area contributed by atoms with E-state index in [0.717, 1.165) is 24.4 Å². The lowest BCUT2D eigenvalue weighted by Crippen LogP contribution is -2.31. The summed E-state index contributed by atoms with van der Waals surface area (Å²) in [5.74, 6) is -1.06. The topological polar surface area (TPSA) is 102 Å². The van der Waals surface area contributed by atoms with Crippen molar-refractivity contribution in [3.8, 4) is 28.1 Å². The van der Waals surface area contributed by atoms with Crippen LogP contribution in [0.4, 0.5) is 31.1 Å². The maximum absolute atomic E-state index is 14.0. The van der Waals surface area contributed by atoms with E-state index >= 15 is 0 Å². The molecule has 1 N–H and O–H groups in total. The number of carbonyl (C=O) groups is 2. The van der Waals surface area contributed by atoms with Gasteiger partial charge in [0.25, 0.3) is 0 Å². The molecule has 0 radical (unpaired) electrons. The van der Waals surface area contributed by atoms with Crippen molar-refractivity contribution in [3.63, 3.8) is 0 Å². The molecule has 3 atom stereocenters. The van der Waals surface area contributed by atoms with Gasteiger partial charge in [-0.3, -0.25) is 9.88 Å². The number of methoxy groups -OCH3 is 1. The lowest BCUT2D eigenvalue weighted by Gasteiger charge is -2.26. The minimum atomic E-state index is -4.83. The van der Waals surface area contributed by atoms with Crippen LogP contribution in [0.1, 0.15) is 68.9 Å². The van der Waals surface area contributed by atoms with Crippen LogP contribution in [0.15, 0.2) is 60.9 Å². The van der Waals surface area contributed by atoms with Gasteiger partial charge < -0.3 is 14.6 Å². The molecule has 6 rings (SSSR count). The maximum atomic E-state index is 14.0. The Balaban J connectivity index is 1.46. The smallest absolute Gasteiger partial charge is 0.433 e. The number of aryl methyl sites for hydroxylation is 2. The van der Waals surface area contributed by atoms with Crippen molar-refractivity contribution in [1.82, 2.24) is 14.9 Å². The highest BCUT2D eigenvalue weighted by molar-refractivity contribution is 5.89. The summed E-state index contributed by atoms with van der Waals surface area (Å²) in [6, 6.07) is 8.68. The fourth-order valence-electron chi connectivity index (χ4n) is 6.58. The molecule has 48 heavy (non-hydrogen) atoms. The monoisotopic (exact) mass is 671 g/mol. The zero-order valence-electron chi connectivity index (χ0n) is 25.6. The van der Waals surface area contributed by atoms with Crippen molar-refractivity contribution >= 4 is 12.1 Å². The Morgan fingerprint density at radius 1 is 0.917 bits per heavy atom. The largest absolute Gasteiger partial charge is 0.481 e. The predicted molar refractivity (Wildman–Crippen MR) is 159 cm³/mol. The molecule has 8 nitrogen and oxygen atoms in total. The molecule has 0 bridgehead atoms. The van der Waals surface area contributed by atoms with Crippen LogP contribution in [0.5, 0.6) is 5.88 Å². The van der Waals surface area contributed by atoms with Crippen molar-refractivity contribution in [3.05, 3.63) is 100.0 Å². The first-order valence-corrected chi connectivity index (χ1v) is 14.7. The molecule has 14 heteroatoms. The number of ether oxygens (including phenoxy) is 2. The summed E-state index contributed by atoms with van der Waals surface area (Å²) in [5, 5.41) is 9.37. The van der Waals surface area contributed by atoms with E-state index in [1.54, 1.807) is 19.1 Å². The number of pyridine rings is 2. The van der Waals surface area contributed by atoms with E-state index in [4.69, 9.17) is 9.47 Å². The minimum absolute atomic E-state index is 0.0530. The van der Waals surface area contributed by atoms with Crippen molar-refractivity contribution in [2.75, 3.05) is 7.11 Å². The second-order valence-corrected chi connectivity index (χ2v) is 11.8. The fraction of sp³-hybridized carbons (Fsp3) is 0.294. The molecule has 0 saturated carbocycles. The van der Waals surface area contributed by atoms with Gasteiger partial charge in [-0.1, -0.05) is 17.7 Å². The van der Waals surface area contributed by atoms with Gasteiger partial charge in [0, 0.05) is 29.1 Å². The number of hydrogen-bond acceptors (Lipinski definition) is 6. The third-order valence-corrected chi connectivity index (χ3v) is 8.68. The molecular weight excluding hydrogens is 644 g/mol. The number of rotatable bonds is 6. The summed E-state index contributed by atoms with van der Waals surface area (Å²) in [4.78, 5) is 34.2. The minimum Gasteiger partial charge on any atom is -0.481 e. The lowest BCUT2D eigenvalue weighted by atomic mass is 9.92. The summed E-state index contributed by atoms with van der Waals surface area (Å²) in [6.45, 7) is 3.20. The number of halogens is 6. The number of carboxylic acids is 1. The number of alkyl halides is 6. The van der Waals surface area contributed by atoms with E-state index in [0.29, 0.717) is 22.3 Å². The third kappa shape index (κ3) is 5.90. The van der Waals surface area contributed by atoms with Crippen LogP contribution in [0, 0.1) is 13.8 Å². The van der Waals surface area contributed by atoms with E-state index in [9.17, 15) is 41.0 Å². The van der Waals surface area contributed by atoms with Crippen LogP contribution >= 0.6 is 0 Å². The molecule has 2 saturated heterocycles. The van der Waals surface area contributed by atoms with E-state index in [1.807, 2.05) is 0 Å². The molecule has 4 aromatic rings. The molecule has 0 unspecified atom stereocenters. The normalized spacial score (nSPS) is 19.3. The highest BCUT2D eigenvalue weighted by atomic mass is 19.4. The van der Waals surface area contributed by atoms with Gasteiger partial charge in [-0.2, -0.15) is 26.3 Å². The van der Waals surface area contributed by atoms with E-state index in [1.165, 1.54) is 43.3 Å². The fourth-order valence-corrected chi connectivity index (χ4v) is 6.58. The number of carbonyl (C=O) groups excluding carboxylic acids is 1. The van der Waals surface area contributed by atoms with Gasteiger partial charge >= 0.3 is 24.4 Å². The number of nitrogens with zero attached hydrogens (tertiary/aromatic N) is 3. The second-order valence-electron chi connectivity index (χ2n) is 11.8. The molecule has 1 amide bonds. The standard InChI is InChI=1S/C34H27F6N3O5/c1-16-8-19(11-21(9-16)33(35,36)37)29-27-7-6-26(43(27)32(46)48-29)23-13-28(34(38,39)40)41-15-25(23)24-12-20(14-42-30(24)47-3)22-5-4-18(31(44)45)10-17(22)2/h4-5,8-15,26-27,29H,6-7H2,1-3H3,(H,44,45)/t26-,27-,29+/m0/s1. The zero-order valence-corrected chi connectivity index (χ0v) is 25.6. The van der Waals surface area contributed by atoms with Gasteiger partial charge in [-0.05, 0) is 85.3 Å². The lowest BCUT2D eigenvalue weighted by molar-refractivity contribution is -0.141. The molecule has 2 fully saturated rings. The summed E-state index contributed by atoms with van der Waals surface area (Å²) >= 11 is 0. The summed E-state index contributed by atoms with van der Waals surface area (Å²) in [6.07, 6.45) is -8.48. The molecular formula is C34H27F6N3O5. The Labute approximate surface area is 270 Å². The van der Waals surface area contributed by atoms with E-state index in [-0.39, 0.29) is 46.5 Å². The van der Waals surface area contributed by atoms with Crippen molar-refractivity contribution < 1.29 is 50.5 Å². The Bertz CT molecular complexity index is 1940. The summed E-state index contributed by atoms with van der Waals surface area (Å²) in [7, 11) is 1.33. The van der Waals surface area contributed by atoms with Crippen LogP contribution in [-0.2, 0) is 17.1 Å². The van der Waals surface area contributed by atoms with Gasteiger partial charge in [0.1, 0.15) is 11.8 Å². The average molecular weight is 672 g/mol. The molecule has 0 aliphatic carbocycles. The maximum Gasteiger partial charge on any atom is 0.433 e. The number of cyclic esters (lactones) is 1. The van der Waals surface area contributed by atoms with Crippen LogP contribution in [0.2, 0.25) is 0 Å². The average Bonchev–Trinajstić information content (AvgIpc) is 3.60. The quantitative estimate of drug-likeness (QED) is 0.205. The second kappa shape index (κ2) is 11.8. The van der Waals surface area contributed by atoms with Crippen molar-refractivity contribution in [1.29, 1.82) is 0 Å². The molecule has 2 aromatic heterocycles. The first kappa shape index (κ1) is 32.8. The summed E-state index contributed by atoms with van der Waals surface area (Å²) in [5.41, 5.74) is 0.655. The molecule has 2 aliphatic rings. The number of fused-ring (bicyclic) bond motifs is 1. The van der Waals surface area contributed by atoms with Crippen molar-refractivity contribution in [2.45, 2.75) is 57.2 Å². The Hall–Kier alpha value is -5.14. The highest BCUT2D eigenvalue weighted by Crippen LogP contribution is 2.51. The number of aromatic carboxylic acids is 1. The van der Waals surface area contributed by atoms with Gasteiger partial charge in [0.15, 0.2) is 0 Å². The predicted octanol–water partition coefficient (Wildman–Crippen LogP) is 8.57. The SMILES string of the molecule is COc1ncc(-c2ccc(C(=O)O)cc2C)cc1-c1cnc(C(F)(F)F)cc1[C@@H]1CC[C@H]2[C@@H](c3cc(C)cc(C(F)(F)F)c3)OC(=O)N12. The van der Waals surface area contributed by atoms with Gasteiger partial charge in [-0.25, -0.2) is 14.6 Å².